The fraction of sp³-hybridized carbons (Fsp3) is 0.154. The van der Waals surface area contributed by atoms with E-state index in [0.717, 1.165) is 10.8 Å². The summed E-state index contributed by atoms with van der Waals surface area (Å²) in [5, 5.41) is 19.1. The SMILES string of the molecule is CCC(=O)O.Oc1cccc2ccccc12. The Hall–Kier alpha value is -2.03. The summed E-state index contributed by atoms with van der Waals surface area (Å²) in [5.41, 5.74) is 0. The Bertz CT molecular complexity index is 472. The van der Waals surface area contributed by atoms with Gasteiger partial charge in [0.25, 0.3) is 0 Å². The van der Waals surface area contributed by atoms with Gasteiger partial charge in [0.15, 0.2) is 0 Å². The van der Waals surface area contributed by atoms with Crippen LogP contribution in [-0.4, -0.2) is 16.2 Å². The number of carboxylic acid groups (broad SMARTS) is 1. The monoisotopic (exact) mass is 218 g/mol. The molecule has 3 heteroatoms. The van der Waals surface area contributed by atoms with Gasteiger partial charge >= 0.3 is 5.97 Å². The number of fused-ring (bicyclic) bond motifs is 1. The first-order valence-electron chi connectivity index (χ1n) is 5.03. The largest absolute Gasteiger partial charge is 0.507 e. The van der Waals surface area contributed by atoms with Gasteiger partial charge in [0.2, 0.25) is 0 Å². The fourth-order valence-corrected chi connectivity index (χ4v) is 1.21. The summed E-state index contributed by atoms with van der Waals surface area (Å²) in [7, 11) is 0. The lowest BCUT2D eigenvalue weighted by Gasteiger charge is -1.97. The van der Waals surface area contributed by atoms with Crippen molar-refractivity contribution in [2.75, 3.05) is 0 Å². The van der Waals surface area contributed by atoms with Crippen LogP contribution in [0.15, 0.2) is 42.5 Å². The van der Waals surface area contributed by atoms with Crippen LogP contribution in [0.2, 0.25) is 0 Å². The van der Waals surface area contributed by atoms with Gasteiger partial charge in [-0.15, -0.1) is 0 Å². The Labute approximate surface area is 94.0 Å². The molecular formula is C13H14O3. The van der Waals surface area contributed by atoms with E-state index in [1.165, 1.54) is 0 Å². The molecule has 0 aliphatic heterocycles. The van der Waals surface area contributed by atoms with E-state index in [1.54, 1.807) is 13.0 Å². The Balaban J connectivity index is 0.000000221. The Morgan fingerprint density at radius 3 is 2.25 bits per heavy atom. The van der Waals surface area contributed by atoms with Crippen molar-refractivity contribution in [1.29, 1.82) is 0 Å². The molecule has 2 N–H and O–H groups in total. The highest BCUT2D eigenvalue weighted by Crippen LogP contribution is 2.22. The van der Waals surface area contributed by atoms with Gasteiger partial charge in [-0.1, -0.05) is 43.3 Å². The van der Waals surface area contributed by atoms with Crippen molar-refractivity contribution >= 4 is 16.7 Å². The van der Waals surface area contributed by atoms with Gasteiger partial charge < -0.3 is 10.2 Å². The molecule has 16 heavy (non-hydrogen) atoms. The van der Waals surface area contributed by atoms with E-state index < -0.39 is 5.97 Å². The second-order valence-corrected chi connectivity index (χ2v) is 3.25. The van der Waals surface area contributed by atoms with Crippen molar-refractivity contribution in [3.63, 3.8) is 0 Å². The van der Waals surface area contributed by atoms with E-state index in [0.29, 0.717) is 5.75 Å². The minimum Gasteiger partial charge on any atom is -0.507 e. The molecule has 84 valence electrons. The molecule has 0 aromatic heterocycles. The van der Waals surface area contributed by atoms with Crippen molar-refractivity contribution in [2.24, 2.45) is 0 Å². The summed E-state index contributed by atoms with van der Waals surface area (Å²) < 4.78 is 0. The number of aliphatic carboxylic acids is 1. The van der Waals surface area contributed by atoms with Crippen molar-refractivity contribution in [3.05, 3.63) is 42.5 Å². The molecule has 0 atom stereocenters. The van der Waals surface area contributed by atoms with Gasteiger partial charge in [0.1, 0.15) is 5.75 Å². The van der Waals surface area contributed by atoms with Crippen molar-refractivity contribution in [2.45, 2.75) is 13.3 Å². The third-order valence-electron chi connectivity index (χ3n) is 2.07. The highest BCUT2D eigenvalue weighted by molar-refractivity contribution is 5.87. The van der Waals surface area contributed by atoms with Crippen LogP contribution < -0.4 is 0 Å². The number of hydrogen-bond donors (Lipinski definition) is 2. The highest BCUT2D eigenvalue weighted by atomic mass is 16.4. The molecule has 0 unspecified atom stereocenters. The predicted octanol–water partition coefficient (Wildman–Crippen LogP) is 3.03. The van der Waals surface area contributed by atoms with Gasteiger partial charge in [-0.25, -0.2) is 0 Å². The van der Waals surface area contributed by atoms with Gasteiger partial charge in [-0.2, -0.15) is 0 Å². The number of phenols is 1. The number of hydrogen-bond acceptors (Lipinski definition) is 2. The molecular weight excluding hydrogens is 204 g/mol. The summed E-state index contributed by atoms with van der Waals surface area (Å²) >= 11 is 0. The average Bonchev–Trinajstić information content (AvgIpc) is 2.30. The van der Waals surface area contributed by atoms with Crippen molar-refractivity contribution < 1.29 is 15.0 Å². The number of aromatic hydroxyl groups is 1. The van der Waals surface area contributed by atoms with Crippen molar-refractivity contribution in [3.8, 4) is 5.75 Å². The molecule has 0 spiro atoms. The maximum absolute atomic E-state index is 9.37. The maximum Gasteiger partial charge on any atom is 0.303 e. The number of carbonyl (C=O) groups is 1. The van der Waals surface area contributed by atoms with Crippen LogP contribution in [0.5, 0.6) is 5.75 Å². The second-order valence-electron chi connectivity index (χ2n) is 3.25. The van der Waals surface area contributed by atoms with E-state index in [9.17, 15) is 9.90 Å². The zero-order chi connectivity index (χ0) is 12.0. The minimum absolute atomic E-state index is 0.222. The summed E-state index contributed by atoms with van der Waals surface area (Å²) in [6.45, 7) is 1.60. The predicted molar refractivity (Wildman–Crippen MR) is 63.5 cm³/mol. The molecule has 3 nitrogen and oxygen atoms in total. The minimum atomic E-state index is -0.745. The molecule has 0 saturated heterocycles. The first kappa shape index (κ1) is 12.0. The van der Waals surface area contributed by atoms with Gasteiger partial charge in [-0.05, 0) is 11.5 Å². The molecule has 0 amide bonds. The van der Waals surface area contributed by atoms with Crippen LogP contribution >= 0.6 is 0 Å². The summed E-state index contributed by atoms with van der Waals surface area (Å²) in [5.74, 6) is -0.395. The number of carboxylic acids is 1. The van der Waals surface area contributed by atoms with E-state index in [2.05, 4.69) is 0 Å². The summed E-state index contributed by atoms with van der Waals surface area (Å²) in [6, 6.07) is 13.3. The van der Waals surface area contributed by atoms with Crippen LogP contribution in [0.4, 0.5) is 0 Å². The van der Waals surface area contributed by atoms with Crippen LogP contribution in [0.3, 0.4) is 0 Å². The second kappa shape index (κ2) is 5.75. The van der Waals surface area contributed by atoms with Gasteiger partial charge in [-0.3, -0.25) is 4.79 Å². The Morgan fingerprint density at radius 1 is 1.12 bits per heavy atom. The van der Waals surface area contributed by atoms with E-state index in [1.807, 2.05) is 36.4 Å². The third kappa shape index (κ3) is 3.28. The molecule has 2 rings (SSSR count). The topological polar surface area (TPSA) is 57.5 Å². The number of benzene rings is 2. The van der Waals surface area contributed by atoms with Crippen LogP contribution in [0, 0.1) is 0 Å². The maximum atomic E-state index is 9.37. The Kier molecular flexibility index (Phi) is 4.33. The molecule has 0 heterocycles. The van der Waals surface area contributed by atoms with Crippen molar-refractivity contribution in [1.82, 2.24) is 0 Å². The number of phenolic OH excluding ortho intramolecular Hbond substituents is 1. The van der Waals surface area contributed by atoms with E-state index in [4.69, 9.17) is 5.11 Å². The number of rotatable bonds is 1. The lowest BCUT2D eigenvalue weighted by atomic mass is 10.1. The summed E-state index contributed by atoms with van der Waals surface area (Å²) in [6.07, 6.45) is 0.222. The average molecular weight is 218 g/mol. The standard InChI is InChI=1S/C10H8O.C3H6O2/c11-10-7-3-5-8-4-1-2-6-9(8)10;1-2-3(4)5/h1-7,11H;2H2,1H3,(H,4,5). The zero-order valence-corrected chi connectivity index (χ0v) is 9.05. The molecule has 0 radical (unpaired) electrons. The quantitative estimate of drug-likeness (QED) is 0.773. The lowest BCUT2D eigenvalue weighted by Crippen LogP contribution is -1.86. The normalized spacial score (nSPS) is 9.31. The first-order chi connectivity index (χ1) is 7.65. The smallest absolute Gasteiger partial charge is 0.303 e. The zero-order valence-electron chi connectivity index (χ0n) is 9.05. The van der Waals surface area contributed by atoms with E-state index >= 15 is 0 Å². The molecule has 0 aliphatic carbocycles. The lowest BCUT2D eigenvalue weighted by molar-refractivity contribution is -0.136. The van der Waals surface area contributed by atoms with E-state index in [-0.39, 0.29) is 6.42 Å². The first-order valence-corrected chi connectivity index (χ1v) is 5.03. The van der Waals surface area contributed by atoms with Crippen LogP contribution in [0.1, 0.15) is 13.3 Å². The highest BCUT2D eigenvalue weighted by Gasteiger charge is 1.94. The van der Waals surface area contributed by atoms with Gasteiger partial charge in [0, 0.05) is 11.8 Å². The summed E-state index contributed by atoms with van der Waals surface area (Å²) in [4.78, 5) is 9.37. The fourth-order valence-electron chi connectivity index (χ4n) is 1.21. The molecule has 0 saturated carbocycles. The molecule has 0 bridgehead atoms. The molecule has 0 fully saturated rings. The van der Waals surface area contributed by atoms with Gasteiger partial charge in [0.05, 0.1) is 0 Å². The molecule has 0 aliphatic rings. The third-order valence-corrected chi connectivity index (χ3v) is 2.07. The molecule has 2 aromatic carbocycles. The molecule has 2 aromatic rings. The van der Waals surface area contributed by atoms with Crippen LogP contribution in [-0.2, 0) is 4.79 Å². The van der Waals surface area contributed by atoms with Crippen LogP contribution in [0.25, 0.3) is 10.8 Å². The Morgan fingerprint density at radius 2 is 1.69 bits per heavy atom.